The summed E-state index contributed by atoms with van der Waals surface area (Å²) in [7, 11) is 0. The van der Waals surface area contributed by atoms with Gasteiger partial charge in [-0.2, -0.15) is 0 Å². The summed E-state index contributed by atoms with van der Waals surface area (Å²) in [6.07, 6.45) is 5.52. The highest BCUT2D eigenvalue weighted by Crippen LogP contribution is 2.62. The fourth-order valence-corrected chi connectivity index (χ4v) is 5.68. The normalized spacial score (nSPS) is 33.2. The minimum atomic E-state index is -1.25. The van der Waals surface area contributed by atoms with Crippen LogP contribution in [0.15, 0.2) is 23.1 Å². The number of rotatable bonds is 3. The van der Waals surface area contributed by atoms with Crippen molar-refractivity contribution in [1.29, 1.82) is 0 Å². The van der Waals surface area contributed by atoms with Crippen LogP contribution in [0.25, 0.3) is 10.9 Å². The number of anilines is 1. The van der Waals surface area contributed by atoms with E-state index < -0.39 is 17.2 Å². The zero-order chi connectivity index (χ0) is 18.5. The van der Waals surface area contributed by atoms with Gasteiger partial charge in [-0.3, -0.25) is 4.79 Å². The Labute approximate surface area is 154 Å². The molecule has 7 rings (SSSR count). The number of fused-ring (bicyclic) bond motifs is 3. The number of hydrogen-bond donors (Lipinski definition) is 2. The van der Waals surface area contributed by atoms with E-state index in [1.54, 1.807) is 6.07 Å². The lowest BCUT2D eigenvalue weighted by Gasteiger charge is -2.63. The van der Waals surface area contributed by atoms with Gasteiger partial charge in [0.15, 0.2) is 0 Å². The molecule has 2 atom stereocenters. The highest BCUT2D eigenvalue weighted by Gasteiger charge is 2.58. The number of pyridine rings is 1. The second-order valence-corrected chi connectivity index (χ2v) is 8.72. The molecular weight excluding hydrogens is 349 g/mol. The molecule has 0 unspecified atom stereocenters. The molecule has 3 aliphatic carbocycles. The maximum absolute atomic E-state index is 15.0. The lowest BCUT2D eigenvalue weighted by molar-refractivity contribution is -0.0860. The molecule has 2 aliphatic heterocycles. The number of hydrogen-bond acceptors (Lipinski definition) is 4. The number of halogens is 1. The van der Waals surface area contributed by atoms with Gasteiger partial charge in [-0.05, 0) is 43.7 Å². The van der Waals surface area contributed by atoms with Crippen LogP contribution in [0.5, 0.6) is 0 Å². The number of carbonyl (C=O) groups is 1. The number of piperazine rings is 1. The maximum Gasteiger partial charge on any atom is 0.341 e. The van der Waals surface area contributed by atoms with Gasteiger partial charge in [0.1, 0.15) is 11.4 Å². The number of carboxylic acids is 1. The quantitative estimate of drug-likeness (QED) is 0.864. The summed E-state index contributed by atoms with van der Waals surface area (Å²) in [4.78, 5) is 26.4. The van der Waals surface area contributed by atoms with E-state index in [-0.39, 0.29) is 22.5 Å². The highest BCUT2D eigenvalue weighted by molar-refractivity contribution is 5.93. The Hall–Kier alpha value is -2.41. The summed E-state index contributed by atoms with van der Waals surface area (Å²) in [5.74, 6) is -0.999. The summed E-state index contributed by atoms with van der Waals surface area (Å²) in [6, 6.07) is 3.69. The van der Waals surface area contributed by atoms with E-state index in [1.807, 2.05) is 4.57 Å². The van der Waals surface area contributed by atoms with Crippen molar-refractivity contribution in [2.24, 2.45) is 5.92 Å². The Morgan fingerprint density at radius 3 is 2.63 bits per heavy atom. The molecule has 0 radical (unpaired) electrons. The molecule has 5 aliphatic rings. The lowest BCUT2D eigenvalue weighted by atomic mass is 9.49. The Morgan fingerprint density at radius 2 is 2.07 bits per heavy atom. The van der Waals surface area contributed by atoms with Gasteiger partial charge >= 0.3 is 5.97 Å². The third kappa shape index (κ3) is 1.92. The van der Waals surface area contributed by atoms with E-state index >= 15 is 0 Å². The monoisotopic (exact) mass is 369 g/mol. The molecule has 6 nitrogen and oxygen atoms in total. The van der Waals surface area contributed by atoms with Gasteiger partial charge in [0.2, 0.25) is 5.43 Å². The van der Waals surface area contributed by atoms with Crippen LogP contribution >= 0.6 is 0 Å². The van der Waals surface area contributed by atoms with E-state index in [2.05, 4.69) is 10.2 Å². The zero-order valence-corrected chi connectivity index (χ0v) is 14.7. The maximum atomic E-state index is 15.0. The average Bonchev–Trinajstić information content (AvgIpc) is 3.17. The lowest BCUT2D eigenvalue weighted by Crippen LogP contribution is -2.59. The summed E-state index contributed by atoms with van der Waals surface area (Å²) in [5, 5.41) is 13.1. The molecule has 1 aromatic heterocycles. The van der Waals surface area contributed by atoms with Gasteiger partial charge in [0, 0.05) is 42.3 Å². The van der Waals surface area contributed by atoms with Gasteiger partial charge in [-0.1, -0.05) is 0 Å². The van der Waals surface area contributed by atoms with Crippen molar-refractivity contribution in [3.8, 4) is 0 Å². The van der Waals surface area contributed by atoms with Gasteiger partial charge in [-0.25, -0.2) is 9.18 Å². The van der Waals surface area contributed by atoms with Crippen LogP contribution in [0.1, 0.15) is 36.0 Å². The van der Waals surface area contributed by atoms with E-state index in [0.29, 0.717) is 23.2 Å². The molecule has 2 saturated heterocycles. The molecule has 0 amide bonds. The number of nitrogens with one attached hydrogen (secondary N) is 1. The standard InChI is InChI=1S/C20H20FN3O3/c21-15-2-13-16(3-17(15)23-8-11-1-12(23)7-22-11)24(20-4-10(5-20)6-20)9-14(18(13)25)19(26)27/h2-3,9-12,22H,1,4-8H2,(H,26,27)/t10?,11-,12-,20?/m0/s1. The molecule has 2 N–H and O–H groups in total. The van der Waals surface area contributed by atoms with Crippen molar-refractivity contribution in [3.05, 3.63) is 39.9 Å². The van der Waals surface area contributed by atoms with Gasteiger partial charge < -0.3 is 19.9 Å². The topological polar surface area (TPSA) is 74.6 Å². The smallest absolute Gasteiger partial charge is 0.341 e. The first-order chi connectivity index (χ1) is 12.9. The predicted molar refractivity (Wildman–Crippen MR) is 98.0 cm³/mol. The predicted octanol–water partition coefficient (Wildman–Crippen LogP) is 1.90. The van der Waals surface area contributed by atoms with Gasteiger partial charge in [0.25, 0.3) is 0 Å². The summed E-state index contributed by atoms with van der Waals surface area (Å²) in [6.45, 7) is 1.61. The molecule has 140 valence electrons. The number of aromatic nitrogens is 1. The van der Waals surface area contributed by atoms with E-state index in [0.717, 1.165) is 38.8 Å². The van der Waals surface area contributed by atoms with Gasteiger partial charge in [-0.15, -0.1) is 0 Å². The van der Waals surface area contributed by atoms with Crippen LogP contribution in [0, 0.1) is 11.7 Å². The van der Waals surface area contributed by atoms with E-state index in [9.17, 15) is 19.1 Å². The molecule has 7 heteroatoms. The van der Waals surface area contributed by atoms with Crippen molar-refractivity contribution in [2.45, 2.75) is 43.3 Å². The molecular formula is C20H20FN3O3. The number of nitrogens with zero attached hydrogens (tertiary/aromatic N) is 2. The molecule has 3 saturated carbocycles. The molecule has 0 spiro atoms. The Balaban J connectivity index is 1.59. The molecule has 2 aromatic rings. The zero-order valence-electron chi connectivity index (χ0n) is 14.7. The van der Waals surface area contributed by atoms with Crippen molar-refractivity contribution in [3.63, 3.8) is 0 Å². The Bertz CT molecular complexity index is 1060. The highest BCUT2D eigenvalue weighted by atomic mass is 19.1. The summed E-state index contributed by atoms with van der Waals surface area (Å²) in [5.41, 5.74) is 0.218. The van der Waals surface area contributed by atoms with Crippen LogP contribution in [0.4, 0.5) is 10.1 Å². The van der Waals surface area contributed by atoms with Crippen LogP contribution in [-0.4, -0.2) is 40.8 Å². The van der Waals surface area contributed by atoms with Crippen LogP contribution in [-0.2, 0) is 5.54 Å². The number of aromatic carboxylic acids is 1. The fourth-order valence-electron chi connectivity index (χ4n) is 5.68. The van der Waals surface area contributed by atoms with Gasteiger partial charge in [0.05, 0.1) is 11.2 Å². The van der Waals surface area contributed by atoms with Crippen molar-refractivity contribution < 1.29 is 14.3 Å². The van der Waals surface area contributed by atoms with Crippen LogP contribution in [0.2, 0.25) is 0 Å². The molecule has 4 bridgehead atoms. The summed E-state index contributed by atoms with van der Waals surface area (Å²) >= 11 is 0. The second-order valence-electron chi connectivity index (χ2n) is 8.72. The SMILES string of the molecule is O=C(O)c1cn(C23CC(C2)C3)c2cc(N3C[C@@H]4C[C@H]3CN4)c(F)cc2c1=O. The average molecular weight is 369 g/mol. The van der Waals surface area contributed by atoms with Crippen molar-refractivity contribution in [1.82, 2.24) is 9.88 Å². The van der Waals surface area contributed by atoms with Crippen LogP contribution < -0.4 is 15.6 Å². The number of benzene rings is 1. The van der Waals surface area contributed by atoms with Crippen LogP contribution in [0.3, 0.4) is 0 Å². The largest absolute Gasteiger partial charge is 0.477 e. The molecule has 3 heterocycles. The summed E-state index contributed by atoms with van der Waals surface area (Å²) < 4.78 is 16.9. The number of carboxylic acid groups (broad SMARTS) is 1. The first kappa shape index (κ1) is 15.6. The molecule has 1 aromatic carbocycles. The van der Waals surface area contributed by atoms with Crippen molar-refractivity contribution >= 4 is 22.6 Å². The minimum absolute atomic E-state index is 0.0957. The fraction of sp³-hybridized carbons (Fsp3) is 0.500. The Morgan fingerprint density at radius 1 is 1.30 bits per heavy atom. The first-order valence-corrected chi connectivity index (χ1v) is 9.58. The third-order valence-electron chi connectivity index (χ3n) is 7.19. The minimum Gasteiger partial charge on any atom is -0.477 e. The van der Waals surface area contributed by atoms with E-state index in [1.165, 1.54) is 12.3 Å². The molecule has 27 heavy (non-hydrogen) atoms. The molecule has 5 fully saturated rings. The Kier molecular flexibility index (Phi) is 2.83. The van der Waals surface area contributed by atoms with E-state index in [4.69, 9.17) is 0 Å². The first-order valence-electron chi connectivity index (χ1n) is 9.58. The van der Waals surface area contributed by atoms with Crippen molar-refractivity contribution in [2.75, 3.05) is 18.0 Å². The second kappa shape index (κ2) is 4.90. The third-order valence-corrected chi connectivity index (χ3v) is 7.19.